The van der Waals surface area contributed by atoms with E-state index in [4.69, 9.17) is 4.74 Å². The van der Waals surface area contributed by atoms with Crippen LogP contribution in [0.4, 0.5) is 8.78 Å². The van der Waals surface area contributed by atoms with Crippen molar-refractivity contribution in [3.8, 4) is 5.75 Å². The lowest BCUT2D eigenvalue weighted by atomic mass is 10.1. The lowest BCUT2D eigenvalue weighted by Crippen LogP contribution is -2.00. The molecule has 1 aromatic carbocycles. The van der Waals surface area contributed by atoms with Crippen LogP contribution in [0.1, 0.15) is 44.9 Å². The second-order valence-corrected chi connectivity index (χ2v) is 4.60. The summed E-state index contributed by atoms with van der Waals surface area (Å²) in [4.78, 5) is 0. The molecule has 1 aromatic rings. The number of unbranched alkanes of at least 4 members (excludes halogenated alkanes) is 6. The Hall–Kier alpha value is -1.38. The minimum Gasteiger partial charge on any atom is -0.490 e. The van der Waals surface area contributed by atoms with Gasteiger partial charge in [0.05, 0.1) is 6.61 Å². The lowest BCUT2D eigenvalue weighted by molar-refractivity contribution is 0.285. The third-order valence-corrected chi connectivity index (χ3v) is 2.98. The van der Waals surface area contributed by atoms with Crippen LogP contribution in [-0.2, 0) is 0 Å². The Morgan fingerprint density at radius 2 is 1.68 bits per heavy atom. The van der Waals surface area contributed by atoms with E-state index in [2.05, 4.69) is 6.58 Å². The average Bonchev–Trinajstić information content (AvgIpc) is 2.41. The van der Waals surface area contributed by atoms with Gasteiger partial charge in [-0.15, -0.1) is 6.58 Å². The molecule has 1 nitrogen and oxygen atoms in total. The van der Waals surface area contributed by atoms with Gasteiger partial charge in [0.2, 0.25) is 5.82 Å². The van der Waals surface area contributed by atoms with Crippen molar-refractivity contribution < 1.29 is 13.5 Å². The van der Waals surface area contributed by atoms with E-state index in [1.807, 2.05) is 6.08 Å². The molecule has 0 aliphatic carbocycles. The number of hydrogen-bond donors (Lipinski definition) is 0. The van der Waals surface area contributed by atoms with Gasteiger partial charge in [0, 0.05) is 0 Å². The molecule has 1 rings (SSSR count). The third-order valence-electron chi connectivity index (χ3n) is 2.98. The monoisotopic (exact) mass is 268 g/mol. The van der Waals surface area contributed by atoms with Crippen LogP contribution in [0.5, 0.6) is 5.75 Å². The molecule has 19 heavy (non-hydrogen) atoms. The smallest absolute Gasteiger partial charge is 0.200 e. The fourth-order valence-corrected chi connectivity index (χ4v) is 1.88. The first-order valence-corrected chi connectivity index (χ1v) is 6.93. The highest BCUT2D eigenvalue weighted by Crippen LogP contribution is 2.19. The molecule has 0 spiro atoms. The van der Waals surface area contributed by atoms with Gasteiger partial charge in [0.15, 0.2) is 11.6 Å². The Morgan fingerprint density at radius 1 is 1.00 bits per heavy atom. The number of allylic oxidation sites excluding steroid dienone is 1. The molecule has 0 saturated heterocycles. The number of halogens is 2. The van der Waals surface area contributed by atoms with Crippen molar-refractivity contribution in [2.75, 3.05) is 6.61 Å². The van der Waals surface area contributed by atoms with E-state index in [0.29, 0.717) is 6.61 Å². The summed E-state index contributed by atoms with van der Waals surface area (Å²) in [5.41, 5.74) is 0. The Balaban J connectivity index is 2.05. The zero-order valence-electron chi connectivity index (χ0n) is 11.3. The lowest BCUT2D eigenvalue weighted by Gasteiger charge is -2.07. The van der Waals surface area contributed by atoms with Gasteiger partial charge in [-0.3, -0.25) is 0 Å². The fraction of sp³-hybridized carbons (Fsp3) is 0.500. The van der Waals surface area contributed by atoms with Crippen molar-refractivity contribution in [1.82, 2.24) is 0 Å². The number of ether oxygens (including phenoxy) is 1. The summed E-state index contributed by atoms with van der Waals surface area (Å²) in [5.74, 6) is -1.75. The molecule has 0 amide bonds. The maximum atomic E-state index is 13.2. The largest absolute Gasteiger partial charge is 0.490 e. The summed E-state index contributed by atoms with van der Waals surface area (Å²) in [5, 5.41) is 0. The molecule has 0 unspecified atom stereocenters. The van der Waals surface area contributed by atoms with Crippen LogP contribution >= 0.6 is 0 Å². The maximum absolute atomic E-state index is 13.2. The van der Waals surface area contributed by atoms with E-state index in [1.54, 1.807) is 0 Å². The van der Waals surface area contributed by atoms with Crippen molar-refractivity contribution in [3.63, 3.8) is 0 Å². The van der Waals surface area contributed by atoms with Crippen molar-refractivity contribution in [3.05, 3.63) is 42.5 Å². The van der Waals surface area contributed by atoms with Crippen LogP contribution in [0.25, 0.3) is 0 Å². The van der Waals surface area contributed by atoms with Crippen LogP contribution in [0.3, 0.4) is 0 Å². The van der Waals surface area contributed by atoms with Gasteiger partial charge in [-0.05, 0) is 31.4 Å². The predicted molar refractivity (Wildman–Crippen MR) is 74.4 cm³/mol. The summed E-state index contributed by atoms with van der Waals surface area (Å²) in [6.45, 7) is 4.12. The van der Waals surface area contributed by atoms with E-state index in [1.165, 1.54) is 31.4 Å². The standard InChI is InChI=1S/C16H22F2O/c1-2-3-4-5-6-7-8-9-13-19-15-12-10-11-14(17)16(15)18/h2,10-12H,1,3-9,13H2. The molecule has 0 saturated carbocycles. The summed E-state index contributed by atoms with van der Waals surface area (Å²) in [6.07, 6.45) is 9.76. The van der Waals surface area contributed by atoms with Crippen molar-refractivity contribution in [2.45, 2.75) is 44.9 Å². The fourth-order valence-electron chi connectivity index (χ4n) is 1.88. The molecule has 0 fully saturated rings. The second kappa shape index (κ2) is 9.54. The summed E-state index contributed by atoms with van der Waals surface area (Å²) in [6, 6.07) is 3.99. The van der Waals surface area contributed by atoms with Crippen LogP contribution in [0.2, 0.25) is 0 Å². The minimum atomic E-state index is -0.896. The average molecular weight is 268 g/mol. The Labute approximate surface area is 114 Å². The predicted octanol–water partition coefficient (Wildman–Crippen LogP) is 5.26. The van der Waals surface area contributed by atoms with Crippen LogP contribution in [-0.4, -0.2) is 6.61 Å². The van der Waals surface area contributed by atoms with E-state index in [9.17, 15) is 8.78 Å². The molecule has 0 aromatic heterocycles. The SMILES string of the molecule is C=CCCCCCCCCOc1cccc(F)c1F. The number of benzene rings is 1. The van der Waals surface area contributed by atoms with Gasteiger partial charge in [0.1, 0.15) is 0 Å². The second-order valence-electron chi connectivity index (χ2n) is 4.60. The molecule has 0 radical (unpaired) electrons. The van der Waals surface area contributed by atoms with Crippen LogP contribution in [0, 0.1) is 11.6 Å². The first-order chi connectivity index (χ1) is 9.25. The minimum absolute atomic E-state index is 0.00554. The molecule has 0 N–H and O–H groups in total. The number of rotatable bonds is 10. The zero-order valence-corrected chi connectivity index (χ0v) is 11.3. The Morgan fingerprint density at radius 3 is 2.42 bits per heavy atom. The molecule has 0 heterocycles. The van der Waals surface area contributed by atoms with Crippen molar-refractivity contribution in [1.29, 1.82) is 0 Å². The van der Waals surface area contributed by atoms with Gasteiger partial charge < -0.3 is 4.74 Å². The topological polar surface area (TPSA) is 9.23 Å². The van der Waals surface area contributed by atoms with Crippen LogP contribution in [0.15, 0.2) is 30.9 Å². The normalized spacial score (nSPS) is 10.4. The highest BCUT2D eigenvalue weighted by molar-refractivity contribution is 5.24. The summed E-state index contributed by atoms with van der Waals surface area (Å²) < 4.78 is 31.4. The molecule has 0 aliphatic heterocycles. The van der Waals surface area contributed by atoms with Crippen molar-refractivity contribution in [2.24, 2.45) is 0 Å². The van der Waals surface area contributed by atoms with Gasteiger partial charge in [0.25, 0.3) is 0 Å². The molecular weight excluding hydrogens is 246 g/mol. The summed E-state index contributed by atoms with van der Waals surface area (Å²) >= 11 is 0. The molecule has 0 atom stereocenters. The summed E-state index contributed by atoms with van der Waals surface area (Å²) in [7, 11) is 0. The first-order valence-electron chi connectivity index (χ1n) is 6.93. The van der Waals surface area contributed by atoms with Gasteiger partial charge in [-0.25, -0.2) is 4.39 Å². The van der Waals surface area contributed by atoms with E-state index < -0.39 is 11.6 Å². The molecule has 0 bridgehead atoms. The van der Waals surface area contributed by atoms with Crippen molar-refractivity contribution >= 4 is 0 Å². The highest BCUT2D eigenvalue weighted by Gasteiger charge is 2.07. The Kier molecular flexibility index (Phi) is 7.87. The quantitative estimate of drug-likeness (QED) is 0.415. The van der Waals surface area contributed by atoms with Gasteiger partial charge in [-0.2, -0.15) is 4.39 Å². The van der Waals surface area contributed by atoms with E-state index >= 15 is 0 Å². The molecule has 106 valence electrons. The molecule has 3 heteroatoms. The van der Waals surface area contributed by atoms with E-state index in [0.717, 1.165) is 31.7 Å². The van der Waals surface area contributed by atoms with Gasteiger partial charge >= 0.3 is 0 Å². The Bertz CT molecular complexity index is 377. The highest BCUT2D eigenvalue weighted by atomic mass is 19.2. The zero-order chi connectivity index (χ0) is 13.9. The van der Waals surface area contributed by atoms with Gasteiger partial charge in [-0.1, -0.05) is 37.8 Å². The first kappa shape index (κ1) is 15.7. The maximum Gasteiger partial charge on any atom is 0.200 e. The molecular formula is C16H22F2O. The molecule has 0 aliphatic rings. The number of hydrogen-bond acceptors (Lipinski definition) is 1. The van der Waals surface area contributed by atoms with E-state index in [-0.39, 0.29) is 5.75 Å². The van der Waals surface area contributed by atoms with Crippen LogP contribution < -0.4 is 4.74 Å². The third kappa shape index (κ3) is 6.37.